The Kier molecular flexibility index (Phi) is 9.49. The molecule has 0 saturated carbocycles. The van der Waals surface area contributed by atoms with Gasteiger partial charge in [-0.2, -0.15) is 0 Å². The molecule has 4 aromatic rings. The summed E-state index contributed by atoms with van der Waals surface area (Å²) < 4.78 is 32.0. The number of anilines is 2. The molecule has 2 N–H and O–H groups in total. The zero-order valence-corrected chi connectivity index (χ0v) is 24.0. The first-order chi connectivity index (χ1) is 20.9. The van der Waals surface area contributed by atoms with Crippen molar-refractivity contribution in [3.05, 3.63) is 79.0 Å². The number of aromatic nitrogens is 4. The molecule has 1 aliphatic rings. The van der Waals surface area contributed by atoms with E-state index in [4.69, 9.17) is 19.2 Å². The van der Waals surface area contributed by atoms with Crippen LogP contribution in [0.1, 0.15) is 5.69 Å². The second-order valence-corrected chi connectivity index (χ2v) is 9.67. The minimum absolute atomic E-state index is 0.0156. The zero-order valence-electron chi connectivity index (χ0n) is 24.0. The van der Waals surface area contributed by atoms with Gasteiger partial charge in [-0.05, 0) is 48.9 Å². The molecule has 3 heterocycles. The number of benzene rings is 2. The van der Waals surface area contributed by atoms with Crippen molar-refractivity contribution in [2.45, 2.75) is 6.92 Å². The van der Waals surface area contributed by atoms with Gasteiger partial charge in [0.2, 0.25) is 11.9 Å². The molecule has 43 heavy (non-hydrogen) atoms. The van der Waals surface area contributed by atoms with Crippen LogP contribution in [0.4, 0.5) is 16.0 Å². The first-order valence-electron chi connectivity index (χ1n) is 13.7. The van der Waals surface area contributed by atoms with Crippen LogP contribution in [0, 0.1) is 12.7 Å². The lowest BCUT2D eigenvalue weighted by atomic mass is 9.99. The molecule has 1 aliphatic heterocycles. The third kappa shape index (κ3) is 7.48. The number of nitrogens with one attached hydrogen (secondary N) is 2. The molecule has 1 saturated heterocycles. The number of nitrogens with zero attached hydrogens (tertiary/aromatic N) is 5. The van der Waals surface area contributed by atoms with Gasteiger partial charge < -0.3 is 24.8 Å². The fourth-order valence-corrected chi connectivity index (χ4v) is 4.52. The summed E-state index contributed by atoms with van der Waals surface area (Å²) in [5.41, 5.74) is 3.45. The summed E-state index contributed by atoms with van der Waals surface area (Å²) in [5, 5.41) is 6.02. The number of morpholine rings is 1. The van der Waals surface area contributed by atoms with Crippen molar-refractivity contribution in [3.8, 4) is 39.9 Å². The average Bonchev–Trinajstić information content (AvgIpc) is 3.02. The maximum atomic E-state index is 15.3. The van der Waals surface area contributed by atoms with Gasteiger partial charge in [0.1, 0.15) is 5.75 Å². The highest BCUT2D eigenvalue weighted by Gasteiger charge is 2.19. The fraction of sp³-hybridized carbons (Fsp3) is 0.258. The van der Waals surface area contributed by atoms with Crippen LogP contribution in [0.5, 0.6) is 17.5 Å². The van der Waals surface area contributed by atoms with Crippen molar-refractivity contribution in [1.82, 2.24) is 24.8 Å². The van der Waals surface area contributed by atoms with Crippen LogP contribution in [0.15, 0.2) is 67.5 Å². The van der Waals surface area contributed by atoms with E-state index in [1.165, 1.54) is 25.3 Å². The molecule has 1 amide bonds. The summed E-state index contributed by atoms with van der Waals surface area (Å²) in [6.45, 7) is 9.91. The van der Waals surface area contributed by atoms with Crippen molar-refractivity contribution in [2.24, 2.45) is 0 Å². The van der Waals surface area contributed by atoms with Gasteiger partial charge in [0.25, 0.3) is 0 Å². The van der Waals surface area contributed by atoms with Gasteiger partial charge in [0.15, 0.2) is 11.6 Å². The molecule has 0 unspecified atom stereocenters. The Bertz CT molecular complexity index is 1610. The minimum Gasteiger partial charge on any atom is -0.496 e. The van der Waals surface area contributed by atoms with Crippen LogP contribution >= 0.6 is 0 Å². The third-order valence-electron chi connectivity index (χ3n) is 6.73. The highest BCUT2D eigenvalue weighted by Crippen LogP contribution is 2.39. The van der Waals surface area contributed by atoms with Crippen LogP contribution in [-0.2, 0) is 9.53 Å². The topological polar surface area (TPSA) is 124 Å². The highest BCUT2D eigenvalue weighted by atomic mass is 19.1. The molecule has 0 radical (unpaired) electrons. The zero-order chi connectivity index (χ0) is 30.2. The minimum atomic E-state index is -0.601. The van der Waals surface area contributed by atoms with Crippen molar-refractivity contribution < 1.29 is 23.4 Å². The summed E-state index contributed by atoms with van der Waals surface area (Å²) in [7, 11) is 1.53. The number of amides is 1. The standard InChI is InChI=1S/C31H32FN7O4/c1-4-28(40)37-22-6-7-23(27(18-22)41-3)29-24(19-35-30(38-29)33-11-12-39-13-15-42-16-14-39)21-5-8-26(25(32)17-21)43-31-34-10-9-20(2)36-31/h4-10,17-19H,1,11-16H2,2-3H3,(H,37,40)(H,33,35,38). The van der Waals surface area contributed by atoms with Crippen LogP contribution in [0.2, 0.25) is 0 Å². The molecule has 222 valence electrons. The first kappa shape index (κ1) is 29.5. The summed E-state index contributed by atoms with van der Waals surface area (Å²) in [6, 6.07) is 11.6. The molecule has 2 aromatic heterocycles. The van der Waals surface area contributed by atoms with E-state index in [1.54, 1.807) is 49.6 Å². The Morgan fingerprint density at radius 2 is 1.93 bits per heavy atom. The van der Waals surface area contributed by atoms with Gasteiger partial charge in [-0.3, -0.25) is 9.69 Å². The maximum absolute atomic E-state index is 15.3. The summed E-state index contributed by atoms with van der Waals surface area (Å²) >= 11 is 0. The molecular weight excluding hydrogens is 553 g/mol. The van der Waals surface area contributed by atoms with Gasteiger partial charge in [-0.1, -0.05) is 12.6 Å². The number of rotatable bonds is 11. The van der Waals surface area contributed by atoms with E-state index in [2.05, 4.69) is 37.1 Å². The number of halogens is 1. The number of carbonyl (C=O) groups excluding carboxylic acids is 1. The van der Waals surface area contributed by atoms with E-state index in [9.17, 15) is 4.79 Å². The number of methoxy groups -OCH3 is 1. The van der Waals surface area contributed by atoms with Gasteiger partial charge in [-0.25, -0.2) is 24.3 Å². The third-order valence-corrected chi connectivity index (χ3v) is 6.73. The molecule has 5 rings (SSSR count). The normalized spacial score (nSPS) is 13.3. The molecule has 0 aliphatic carbocycles. The molecule has 12 heteroatoms. The van der Waals surface area contributed by atoms with Crippen LogP contribution in [0.25, 0.3) is 22.4 Å². The highest BCUT2D eigenvalue weighted by molar-refractivity contribution is 5.99. The average molecular weight is 586 g/mol. The number of aryl methyl sites for hydroxylation is 1. The largest absolute Gasteiger partial charge is 0.496 e. The number of carbonyl (C=O) groups is 1. The predicted molar refractivity (Wildman–Crippen MR) is 161 cm³/mol. The van der Waals surface area contributed by atoms with Crippen molar-refractivity contribution >= 4 is 17.5 Å². The molecule has 0 atom stereocenters. The molecule has 0 bridgehead atoms. The molecule has 2 aromatic carbocycles. The Labute approximate surface area is 248 Å². The van der Waals surface area contributed by atoms with Gasteiger partial charge in [0, 0.05) is 67.1 Å². The summed E-state index contributed by atoms with van der Waals surface area (Å²) in [4.78, 5) is 31.7. The van der Waals surface area contributed by atoms with E-state index < -0.39 is 5.82 Å². The molecule has 11 nitrogen and oxygen atoms in total. The molecular formula is C31H32FN7O4. The first-order valence-corrected chi connectivity index (χ1v) is 13.7. The second kappa shape index (κ2) is 13.8. The van der Waals surface area contributed by atoms with Crippen molar-refractivity contribution in [1.29, 1.82) is 0 Å². The van der Waals surface area contributed by atoms with Gasteiger partial charge >= 0.3 is 6.01 Å². The van der Waals surface area contributed by atoms with Crippen LogP contribution < -0.4 is 20.1 Å². The summed E-state index contributed by atoms with van der Waals surface area (Å²) in [5.74, 6) is -0.0971. The SMILES string of the molecule is C=CC(=O)Nc1ccc(-c2nc(NCCN3CCOCC3)ncc2-c2ccc(Oc3nccc(C)n3)c(F)c2)c(OC)c1. The van der Waals surface area contributed by atoms with E-state index in [1.807, 2.05) is 0 Å². The fourth-order valence-electron chi connectivity index (χ4n) is 4.52. The number of ether oxygens (including phenoxy) is 3. The Hall–Kier alpha value is -4.94. The van der Waals surface area contributed by atoms with Crippen LogP contribution in [-0.4, -0.2) is 77.2 Å². The van der Waals surface area contributed by atoms with Crippen molar-refractivity contribution in [2.75, 3.05) is 57.1 Å². The molecule has 1 fully saturated rings. The lowest BCUT2D eigenvalue weighted by Crippen LogP contribution is -2.39. The maximum Gasteiger partial charge on any atom is 0.322 e. The van der Waals surface area contributed by atoms with E-state index in [-0.39, 0.29) is 17.7 Å². The van der Waals surface area contributed by atoms with Gasteiger partial charge in [-0.15, -0.1) is 0 Å². The number of hydrogen-bond acceptors (Lipinski definition) is 10. The predicted octanol–water partition coefficient (Wildman–Crippen LogP) is 4.72. The Balaban J connectivity index is 1.48. The Morgan fingerprint density at radius 1 is 1.09 bits per heavy atom. The van der Waals surface area contributed by atoms with E-state index in [0.29, 0.717) is 52.0 Å². The Morgan fingerprint density at radius 3 is 2.67 bits per heavy atom. The number of hydrogen-bond donors (Lipinski definition) is 2. The van der Waals surface area contributed by atoms with Crippen molar-refractivity contribution in [3.63, 3.8) is 0 Å². The lowest BCUT2D eigenvalue weighted by Gasteiger charge is -2.26. The molecule has 0 spiro atoms. The smallest absolute Gasteiger partial charge is 0.322 e. The summed E-state index contributed by atoms with van der Waals surface area (Å²) in [6.07, 6.45) is 4.38. The van der Waals surface area contributed by atoms with E-state index in [0.717, 1.165) is 32.8 Å². The van der Waals surface area contributed by atoms with Gasteiger partial charge in [0.05, 0.1) is 26.0 Å². The van der Waals surface area contributed by atoms with Crippen LogP contribution in [0.3, 0.4) is 0 Å². The monoisotopic (exact) mass is 585 g/mol. The quantitative estimate of drug-likeness (QED) is 0.239. The lowest BCUT2D eigenvalue weighted by molar-refractivity contribution is -0.111. The van der Waals surface area contributed by atoms with E-state index >= 15 is 4.39 Å². The second-order valence-electron chi connectivity index (χ2n) is 9.67.